The van der Waals surface area contributed by atoms with Crippen LogP contribution in [0.4, 0.5) is 0 Å². The molecule has 0 atom stereocenters. The first-order valence-electron chi connectivity index (χ1n) is 6.92. The summed E-state index contributed by atoms with van der Waals surface area (Å²) < 4.78 is 11.0. The predicted octanol–water partition coefficient (Wildman–Crippen LogP) is 2.18. The normalized spacial score (nSPS) is 10.7. The van der Waals surface area contributed by atoms with Crippen molar-refractivity contribution in [3.63, 3.8) is 0 Å². The molecule has 118 valence electrons. The van der Waals surface area contributed by atoms with Crippen LogP contribution in [0, 0.1) is 0 Å². The number of nitrogens with zero attached hydrogens (tertiary/aromatic N) is 3. The van der Waals surface area contributed by atoms with E-state index in [9.17, 15) is 9.59 Å². The van der Waals surface area contributed by atoms with Gasteiger partial charge in [0.05, 0.1) is 18.8 Å². The molecule has 3 aromatic rings. The van der Waals surface area contributed by atoms with E-state index in [0.29, 0.717) is 11.5 Å². The third kappa shape index (κ3) is 3.21. The molecule has 23 heavy (non-hydrogen) atoms. The summed E-state index contributed by atoms with van der Waals surface area (Å²) in [4.78, 5) is 27.7. The summed E-state index contributed by atoms with van der Waals surface area (Å²) in [6.45, 7) is 2.19. The highest BCUT2D eigenvalue weighted by atomic mass is 32.1. The van der Waals surface area contributed by atoms with E-state index in [1.54, 1.807) is 12.3 Å². The van der Waals surface area contributed by atoms with E-state index in [2.05, 4.69) is 10.1 Å². The number of esters is 1. The molecule has 0 amide bonds. The van der Waals surface area contributed by atoms with Crippen molar-refractivity contribution >= 4 is 17.3 Å². The number of aromatic nitrogens is 3. The quantitative estimate of drug-likeness (QED) is 0.666. The first kappa shape index (κ1) is 15.2. The third-order valence-electron chi connectivity index (χ3n) is 3.04. The molecule has 8 heteroatoms. The van der Waals surface area contributed by atoms with E-state index in [0.717, 1.165) is 5.56 Å². The van der Waals surface area contributed by atoms with E-state index >= 15 is 0 Å². The highest BCUT2D eigenvalue weighted by Crippen LogP contribution is 2.17. The third-order valence-corrected chi connectivity index (χ3v) is 3.91. The van der Waals surface area contributed by atoms with Crippen molar-refractivity contribution in [1.82, 2.24) is 14.7 Å². The van der Waals surface area contributed by atoms with Gasteiger partial charge in [-0.3, -0.25) is 9.09 Å². The maximum Gasteiger partial charge on any atom is 0.442 e. The predicted molar refractivity (Wildman–Crippen MR) is 83.4 cm³/mol. The second-order valence-corrected chi connectivity index (χ2v) is 5.45. The van der Waals surface area contributed by atoms with Gasteiger partial charge in [-0.2, -0.15) is 0 Å². The molecule has 0 N–H and O–H groups in total. The maximum absolute atomic E-state index is 11.9. The Balaban J connectivity index is 1.88. The van der Waals surface area contributed by atoms with Crippen LogP contribution in [0.5, 0.6) is 0 Å². The smallest absolute Gasteiger partial charge is 0.442 e. The van der Waals surface area contributed by atoms with Gasteiger partial charge in [0.1, 0.15) is 0 Å². The molecule has 2 aromatic heterocycles. The van der Waals surface area contributed by atoms with Crippen molar-refractivity contribution in [2.24, 2.45) is 0 Å². The molecule has 0 radical (unpaired) electrons. The fraction of sp³-hybridized carbons (Fsp3) is 0.200. The second-order valence-electron chi connectivity index (χ2n) is 4.59. The zero-order chi connectivity index (χ0) is 16.2. The average molecular weight is 331 g/mol. The number of thiazole rings is 1. The zero-order valence-corrected chi connectivity index (χ0v) is 13.1. The minimum Gasteiger partial charge on any atom is -0.461 e. The Bertz CT molecular complexity index is 866. The highest BCUT2D eigenvalue weighted by Gasteiger charge is 2.16. The molecule has 1 aromatic carbocycles. The van der Waals surface area contributed by atoms with Crippen LogP contribution < -0.4 is 5.76 Å². The number of carbonyl (C=O) groups excluding carboxylic acids is 1. The van der Waals surface area contributed by atoms with Gasteiger partial charge in [0.2, 0.25) is 5.01 Å². The van der Waals surface area contributed by atoms with Gasteiger partial charge in [0.25, 0.3) is 0 Å². The van der Waals surface area contributed by atoms with Crippen LogP contribution in [0.2, 0.25) is 0 Å². The SMILES string of the molecule is CCOC(=O)c1nc(Cn2c(-c3ccccc3)noc2=O)cs1. The van der Waals surface area contributed by atoms with Crippen LogP contribution >= 0.6 is 11.3 Å². The second kappa shape index (κ2) is 6.57. The molecule has 0 aliphatic heterocycles. The van der Waals surface area contributed by atoms with Crippen LogP contribution in [-0.2, 0) is 11.3 Å². The summed E-state index contributed by atoms with van der Waals surface area (Å²) in [6, 6.07) is 9.23. The Morgan fingerprint density at radius 3 is 2.87 bits per heavy atom. The van der Waals surface area contributed by atoms with Gasteiger partial charge in [-0.05, 0) is 6.92 Å². The lowest BCUT2D eigenvalue weighted by molar-refractivity contribution is 0.0525. The lowest BCUT2D eigenvalue weighted by Gasteiger charge is -2.02. The Morgan fingerprint density at radius 2 is 2.13 bits per heavy atom. The molecule has 0 unspecified atom stereocenters. The Hall–Kier alpha value is -2.74. The first-order valence-corrected chi connectivity index (χ1v) is 7.80. The van der Waals surface area contributed by atoms with Crippen LogP contribution in [0.15, 0.2) is 45.0 Å². The average Bonchev–Trinajstić information content (AvgIpc) is 3.17. The lowest BCUT2D eigenvalue weighted by atomic mass is 10.2. The van der Waals surface area contributed by atoms with Gasteiger partial charge >= 0.3 is 11.7 Å². The van der Waals surface area contributed by atoms with Crippen LogP contribution in [0.25, 0.3) is 11.4 Å². The number of rotatable bonds is 5. The van der Waals surface area contributed by atoms with E-state index in [4.69, 9.17) is 9.26 Å². The van der Waals surface area contributed by atoms with Crippen molar-refractivity contribution < 1.29 is 14.1 Å². The number of hydrogen-bond donors (Lipinski definition) is 0. The minimum atomic E-state index is -0.575. The summed E-state index contributed by atoms with van der Waals surface area (Å²) in [6.07, 6.45) is 0. The van der Waals surface area contributed by atoms with Crippen LogP contribution in [0.3, 0.4) is 0 Å². The molecule has 0 bridgehead atoms. The molecule has 7 nitrogen and oxygen atoms in total. The minimum absolute atomic E-state index is 0.169. The van der Waals surface area contributed by atoms with Crippen LogP contribution in [0.1, 0.15) is 22.4 Å². The molecule has 0 fully saturated rings. The number of ether oxygens (including phenoxy) is 1. The van der Waals surface area contributed by atoms with Crippen molar-refractivity contribution in [2.75, 3.05) is 6.61 Å². The Morgan fingerprint density at radius 1 is 1.35 bits per heavy atom. The highest BCUT2D eigenvalue weighted by molar-refractivity contribution is 7.11. The summed E-state index contributed by atoms with van der Waals surface area (Å²) in [5.41, 5.74) is 1.33. The standard InChI is InChI=1S/C15H13N3O4S/c1-2-21-14(19)13-16-11(9-23-13)8-18-12(17-22-15(18)20)10-6-4-3-5-7-10/h3-7,9H,2,8H2,1H3. The molecular formula is C15H13N3O4S. The summed E-state index contributed by atoms with van der Waals surface area (Å²) in [5.74, 6) is -0.625. The fourth-order valence-corrected chi connectivity index (χ4v) is 2.73. The molecule has 0 aliphatic rings. The van der Waals surface area contributed by atoms with E-state index in [1.807, 2.05) is 30.3 Å². The van der Waals surface area contributed by atoms with E-state index in [1.165, 1.54) is 15.9 Å². The molecule has 0 spiro atoms. The number of carbonyl (C=O) groups is 1. The Labute approximate surface area is 135 Å². The lowest BCUT2D eigenvalue weighted by Crippen LogP contribution is -2.16. The number of benzene rings is 1. The Kier molecular flexibility index (Phi) is 4.33. The van der Waals surface area contributed by atoms with Gasteiger partial charge in [0, 0.05) is 10.9 Å². The monoisotopic (exact) mass is 331 g/mol. The van der Waals surface area contributed by atoms with Gasteiger partial charge in [-0.15, -0.1) is 11.3 Å². The van der Waals surface area contributed by atoms with Crippen molar-refractivity contribution in [3.8, 4) is 11.4 Å². The number of hydrogen-bond acceptors (Lipinski definition) is 7. The first-order chi connectivity index (χ1) is 11.2. The molecule has 2 heterocycles. The summed E-state index contributed by atoms with van der Waals surface area (Å²) >= 11 is 1.17. The van der Waals surface area contributed by atoms with Crippen LogP contribution in [-0.4, -0.2) is 27.3 Å². The molecule has 0 saturated carbocycles. The zero-order valence-electron chi connectivity index (χ0n) is 12.3. The largest absolute Gasteiger partial charge is 0.461 e. The van der Waals surface area contributed by atoms with Gasteiger partial charge in [-0.25, -0.2) is 14.6 Å². The van der Waals surface area contributed by atoms with Gasteiger partial charge in [0.15, 0.2) is 5.82 Å². The maximum atomic E-state index is 11.9. The van der Waals surface area contributed by atoms with Gasteiger partial charge in [-0.1, -0.05) is 35.5 Å². The summed E-state index contributed by atoms with van der Waals surface area (Å²) in [5, 5.41) is 5.78. The topological polar surface area (TPSA) is 87.2 Å². The molecule has 0 saturated heterocycles. The molecule has 3 rings (SSSR count). The molecule has 0 aliphatic carbocycles. The van der Waals surface area contributed by atoms with Gasteiger partial charge < -0.3 is 4.74 Å². The molecular weight excluding hydrogens is 318 g/mol. The van der Waals surface area contributed by atoms with Crippen molar-refractivity contribution in [2.45, 2.75) is 13.5 Å². The van der Waals surface area contributed by atoms with E-state index < -0.39 is 11.7 Å². The van der Waals surface area contributed by atoms with E-state index in [-0.39, 0.29) is 18.2 Å². The van der Waals surface area contributed by atoms with Crippen molar-refractivity contribution in [1.29, 1.82) is 0 Å². The summed E-state index contributed by atoms with van der Waals surface area (Å²) in [7, 11) is 0. The fourth-order valence-electron chi connectivity index (χ4n) is 2.03. The van der Waals surface area contributed by atoms with Crippen molar-refractivity contribution in [3.05, 3.63) is 57.0 Å².